The molecule has 1 unspecified atom stereocenters. The number of benzene rings is 1. The van der Waals surface area contributed by atoms with Crippen molar-refractivity contribution in [2.45, 2.75) is 31.9 Å². The van der Waals surface area contributed by atoms with E-state index in [9.17, 15) is 14.7 Å². The first-order valence-corrected chi connectivity index (χ1v) is 6.90. The summed E-state index contributed by atoms with van der Waals surface area (Å²) < 4.78 is 0. The highest BCUT2D eigenvalue weighted by Gasteiger charge is 2.26. The molecule has 0 radical (unpaired) electrons. The third-order valence-electron chi connectivity index (χ3n) is 3.46. The average Bonchev–Trinajstić information content (AvgIpc) is 2.47. The van der Waals surface area contributed by atoms with Gasteiger partial charge in [-0.15, -0.1) is 0 Å². The molecule has 0 spiro atoms. The number of aliphatic hydroxyl groups excluding tert-OH is 1. The van der Waals surface area contributed by atoms with Crippen LogP contribution in [0.1, 0.15) is 30.1 Å². The summed E-state index contributed by atoms with van der Waals surface area (Å²) in [5.41, 5.74) is 0.533. The molecule has 0 bridgehead atoms. The smallest absolute Gasteiger partial charge is 0.251 e. The molecule has 5 nitrogen and oxygen atoms in total. The molecule has 1 aromatic carbocycles. The van der Waals surface area contributed by atoms with Crippen molar-refractivity contribution in [2.24, 2.45) is 0 Å². The zero-order valence-electron chi connectivity index (χ0n) is 11.6. The molecule has 1 saturated heterocycles. The number of aliphatic hydroxyl groups is 1. The fourth-order valence-electron chi connectivity index (χ4n) is 2.36. The van der Waals surface area contributed by atoms with Crippen LogP contribution < -0.4 is 5.32 Å². The van der Waals surface area contributed by atoms with E-state index in [1.54, 1.807) is 36.1 Å². The van der Waals surface area contributed by atoms with E-state index in [2.05, 4.69) is 5.32 Å². The highest BCUT2D eigenvalue weighted by atomic mass is 16.3. The van der Waals surface area contributed by atoms with Crippen LogP contribution in [-0.2, 0) is 4.79 Å². The van der Waals surface area contributed by atoms with Crippen molar-refractivity contribution in [1.82, 2.24) is 10.2 Å². The molecule has 1 heterocycles. The largest absolute Gasteiger partial charge is 0.391 e. The van der Waals surface area contributed by atoms with E-state index in [0.29, 0.717) is 18.7 Å². The molecule has 1 aliphatic rings. The van der Waals surface area contributed by atoms with E-state index in [4.69, 9.17) is 0 Å². The van der Waals surface area contributed by atoms with Crippen LogP contribution in [0.4, 0.5) is 0 Å². The van der Waals surface area contributed by atoms with Gasteiger partial charge in [-0.1, -0.05) is 18.2 Å². The molecule has 2 rings (SSSR count). The number of hydrogen-bond donors (Lipinski definition) is 2. The van der Waals surface area contributed by atoms with Crippen LogP contribution >= 0.6 is 0 Å². The third kappa shape index (κ3) is 3.57. The Morgan fingerprint density at radius 3 is 2.70 bits per heavy atom. The summed E-state index contributed by atoms with van der Waals surface area (Å²) in [7, 11) is 0. The number of β-amino-alcohol motifs (C(OH)–C–C–N with tert-alkyl or cyclic N) is 1. The molecule has 2 amide bonds. The molecule has 0 aliphatic carbocycles. The number of amides is 2. The van der Waals surface area contributed by atoms with Crippen LogP contribution in [-0.4, -0.2) is 47.1 Å². The summed E-state index contributed by atoms with van der Waals surface area (Å²) >= 11 is 0. The maximum Gasteiger partial charge on any atom is 0.251 e. The van der Waals surface area contributed by atoms with E-state index < -0.39 is 12.1 Å². The number of hydrogen-bond acceptors (Lipinski definition) is 3. The summed E-state index contributed by atoms with van der Waals surface area (Å²) in [5, 5.41) is 12.3. The SMILES string of the molecule is CC(NC(=O)c1ccccc1)C(=O)N1CCC[C@H](O)C1. The molecule has 20 heavy (non-hydrogen) atoms. The molecular weight excluding hydrogens is 256 g/mol. The van der Waals surface area contributed by atoms with Crippen molar-refractivity contribution in [3.8, 4) is 0 Å². The molecular formula is C15H20N2O3. The lowest BCUT2D eigenvalue weighted by molar-refractivity contribution is -0.135. The van der Waals surface area contributed by atoms with Crippen molar-refractivity contribution >= 4 is 11.8 Å². The van der Waals surface area contributed by atoms with Gasteiger partial charge >= 0.3 is 0 Å². The quantitative estimate of drug-likeness (QED) is 0.857. The maximum atomic E-state index is 12.2. The second-order valence-corrected chi connectivity index (χ2v) is 5.14. The lowest BCUT2D eigenvalue weighted by atomic mass is 10.1. The van der Waals surface area contributed by atoms with E-state index in [1.807, 2.05) is 6.07 Å². The van der Waals surface area contributed by atoms with Crippen LogP contribution in [0.5, 0.6) is 0 Å². The summed E-state index contributed by atoms with van der Waals surface area (Å²) in [5.74, 6) is -0.406. The molecule has 1 aliphatic heterocycles. The lowest BCUT2D eigenvalue weighted by Gasteiger charge is -2.32. The van der Waals surface area contributed by atoms with Crippen molar-refractivity contribution in [1.29, 1.82) is 0 Å². The van der Waals surface area contributed by atoms with Crippen molar-refractivity contribution in [3.63, 3.8) is 0 Å². The first-order chi connectivity index (χ1) is 9.58. The Hall–Kier alpha value is -1.88. The summed E-state index contributed by atoms with van der Waals surface area (Å²) in [6, 6.07) is 8.22. The van der Waals surface area contributed by atoms with Gasteiger partial charge in [0.25, 0.3) is 5.91 Å². The summed E-state index contributed by atoms with van der Waals surface area (Å²) in [6.07, 6.45) is 1.07. The van der Waals surface area contributed by atoms with Gasteiger partial charge in [0.15, 0.2) is 0 Å². The maximum absolute atomic E-state index is 12.2. The molecule has 2 N–H and O–H groups in total. The zero-order chi connectivity index (χ0) is 14.5. The second kappa shape index (κ2) is 6.52. The first kappa shape index (κ1) is 14.5. The Bertz CT molecular complexity index is 475. The van der Waals surface area contributed by atoms with Crippen molar-refractivity contribution in [2.75, 3.05) is 13.1 Å². The van der Waals surface area contributed by atoms with E-state index >= 15 is 0 Å². The van der Waals surface area contributed by atoms with Gasteiger partial charge in [-0.05, 0) is 31.9 Å². The number of carbonyl (C=O) groups excluding carboxylic acids is 2. The minimum atomic E-state index is -0.590. The van der Waals surface area contributed by atoms with Gasteiger partial charge in [0.1, 0.15) is 6.04 Å². The first-order valence-electron chi connectivity index (χ1n) is 6.90. The van der Waals surface area contributed by atoms with Gasteiger partial charge in [-0.25, -0.2) is 0 Å². The van der Waals surface area contributed by atoms with Crippen LogP contribution in [0, 0.1) is 0 Å². The average molecular weight is 276 g/mol. The summed E-state index contributed by atoms with van der Waals surface area (Å²) in [6.45, 7) is 2.66. The Kier molecular flexibility index (Phi) is 4.74. The van der Waals surface area contributed by atoms with Gasteiger partial charge in [0, 0.05) is 18.7 Å². The second-order valence-electron chi connectivity index (χ2n) is 5.14. The molecule has 2 atom stereocenters. The molecule has 1 fully saturated rings. The number of carbonyl (C=O) groups is 2. The Labute approximate surface area is 118 Å². The van der Waals surface area contributed by atoms with Gasteiger partial charge in [0.2, 0.25) is 5.91 Å². The normalized spacial score (nSPS) is 20.3. The summed E-state index contributed by atoms with van der Waals surface area (Å²) in [4.78, 5) is 25.8. The molecule has 0 saturated carbocycles. The fourth-order valence-corrected chi connectivity index (χ4v) is 2.36. The predicted octanol–water partition coefficient (Wildman–Crippen LogP) is 0.788. The van der Waals surface area contributed by atoms with Crippen LogP contribution in [0.25, 0.3) is 0 Å². The number of piperidine rings is 1. The number of nitrogens with zero attached hydrogens (tertiary/aromatic N) is 1. The van der Waals surface area contributed by atoms with Gasteiger partial charge < -0.3 is 15.3 Å². The predicted molar refractivity (Wildman–Crippen MR) is 75.2 cm³/mol. The van der Waals surface area contributed by atoms with Crippen LogP contribution in [0.2, 0.25) is 0 Å². The molecule has 5 heteroatoms. The van der Waals surface area contributed by atoms with Crippen LogP contribution in [0.3, 0.4) is 0 Å². The van der Waals surface area contributed by atoms with Crippen LogP contribution in [0.15, 0.2) is 30.3 Å². The molecule has 0 aromatic heterocycles. The Balaban J connectivity index is 1.92. The number of nitrogens with one attached hydrogen (secondary N) is 1. The van der Waals surface area contributed by atoms with E-state index in [1.165, 1.54) is 0 Å². The van der Waals surface area contributed by atoms with Gasteiger partial charge in [0.05, 0.1) is 6.10 Å². The highest BCUT2D eigenvalue weighted by molar-refractivity contribution is 5.97. The fraction of sp³-hybridized carbons (Fsp3) is 0.467. The van der Waals surface area contributed by atoms with Crippen molar-refractivity contribution in [3.05, 3.63) is 35.9 Å². The lowest BCUT2D eigenvalue weighted by Crippen LogP contribution is -2.51. The van der Waals surface area contributed by atoms with E-state index in [0.717, 1.165) is 12.8 Å². The number of rotatable bonds is 3. The minimum Gasteiger partial charge on any atom is -0.391 e. The molecule has 1 aromatic rings. The Morgan fingerprint density at radius 2 is 2.05 bits per heavy atom. The van der Waals surface area contributed by atoms with Gasteiger partial charge in [-0.3, -0.25) is 9.59 Å². The molecule has 108 valence electrons. The Morgan fingerprint density at radius 1 is 1.35 bits per heavy atom. The van der Waals surface area contributed by atoms with Gasteiger partial charge in [-0.2, -0.15) is 0 Å². The van der Waals surface area contributed by atoms with E-state index in [-0.39, 0.29) is 11.8 Å². The third-order valence-corrected chi connectivity index (χ3v) is 3.46. The highest BCUT2D eigenvalue weighted by Crippen LogP contribution is 2.11. The number of likely N-dealkylation sites (tertiary alicyclic amines) is 1. The van der Waals surface area contributed by atoms with Crippen molar-refractivity contribution < 1.29 is 14.7 Å². The zero-order valence-corrected chi connectivity index (χ0v) is 11.6. The monoisotopic (exact) mass is 276 g/mol. The topological polar surface area (TPSA) is 69.6 Å². The standard InChI is InChI=1S/C15H20N2O3/c1-11(15(20)17-9-5-8-13(18)10-17)16-14(19)12-6-3-2-4-7-12/h2-4,6-7,11,13,18H,5,8-10H2,1H3,(H,16,19)/t11?,13-/m0/s1. The minimum absolute atomic E-state index is 0.145.